The fraction of sp³-hybridized carbons (Fsp3) is 0.636. The summed E-state index contributed by atoms with van der Waals surface area (Å²) in [7, 11) is 0. The molecule has 3 nitrogen and oxygen atoms in total. The molecule has 1 rings (SSSR count). The molecule has 0 N–H and O–H groups in total. The van der Waals surface area contributed by atoms with Gasteiger partial charge in [-0.05, 0) is 13.3 Å². The van der Waals surface area contributed by atoms with Crippen LogP contribution in [0, 0.1) is 6.92 Å². The van der Waals surface area contributed by atoms with Gasteiger partial charge in [-0.3, -0.25) is 9.36 Å². The molecule has 4 heteroatoms. The van der Waals surface area contributed by atoms with E-state index in [-0.39, 0.29) is 10.7 Å². The molecule has 0 aliphatic heterocycles. The quantitative estimate of drug-likeness (QED) is 0.574. The molecule has 0 aliphatic carbocycles. The minimum atomic E-state index is -0.0519. The van der Waals surface area contributed by atoms with Crippen molar-refractivity contribution in [2.75, 3.05) is 0 Å². The highest BCUT2D eigenvalue weighted by atomic mass is 35.5. The second-order valence-electron chi connectivity index (χ2n) is 3.68. The maximum atomic E-state index is 11.6. The first-order chi connectivity index (χ1) is 7.15. The number of halogens is 1. The highest BCUT2D eigenvalue weighted by molar-refractivity contribution is 6.29. The Kier molecular flexibility index (Phi) is 4.82. The normalized spacial score (nSPS) is 10.6. The van der Waals surface area contributed by atoms with E-state index in [0.717, 1.165) is 19.4 Å². The number of rotatable bonds is 5. The first-order valence-electron chi connectivity index (χ1n) is 5.39. The largest absolute Gasteiger partial charge is 0.297 e. The topological polar surface area (TPSA) is 34.9 Å². The number of unbranched alkanes of at least 4 members (excludes halogenated alkanes) is 3. The highest BCUT2D eigenvalue weighted by Gasteiger charge is 2.02. The third-order valence-electron chi connectivity index (χ3n) is 2.40. The number of hydrogen-bond acceptors (Lipinski definition) is 2. The van der Waals surface area contributed by atoms with Crippen LogP contribution in [0.2, 0.25) is 5.15 Å². The Labute approximate surface area is 95.1 Å². The molecule has 84 valence electrons. The molecule has 1 heterocycles. The van der Waals surface area contributed by atoms with Gasteiger partial charge in [-0.25, -0.2) is 4.98 Å². The maximum Gasteiger partial charge on any atom is 0.254 e. The molecule has 15 heavy (non-hydrogen) atoms. The summed E-state index contributed by atoms with van der Waals surface area (Å²) in [5.41, 5.74) is -0.0519. The molecule has 0 saturated heterocycles. The van der Waals surface area contributed by atoms with Gasteiger partial charge in [-0.1, -0.05) is 37.8 Å². The lowest BCUT2D eigenvalue weighted by Gasteiger charge is -2.08. The summed E-state index contributed by atoms with van der Waals surface area (Å²) >= 11 is 5.68. The standard InChI is InChI=1S/C11H17ClN2O/c1-3-4-5-6-7-14-9(2)13-10(12)8-11(14)15/h8H,3-7H2,1-2H3. The van der Waals surface area contributed by atoms with Crippen molar-refractivity contribution >= 4 is 11.6 Å². The number of nitrogens with zero attached hydrogens (tertiary/aromatic N) is 2. The SMILES string of the molecule is CCCCCCn1c(C)nc(Cl)cc1=O. The summed E-state index contributed by atoms with van der Waals surface area (Å²) in [6.45, 7) is 4.73. The average Bonchev–Trinajstić information content (AvgIpc) is 2.15. The van der Waals surface area contributed by atoms with Crippen molar-refractivity contribution in [2.24, 2.45) is 0 Å². The summed E-state index contributed by atoms with van der Waals surface area (Å²) in [5, 5.41) is 0.280. The molecule has 0 radical (unpaired) electrons. The molecule has 0 spiro atoms. The van der Waals surface area contributed by atoms with Crippen LogP contribution in [-0.2, 0) is 6.54 Å². The van der Waals surface area contributed by atoms with Crippen molar-refractivity contribution in [3.63, 3.8) is 0 Å². The smallest absolute Gasteiger partial charge is 0.254 e. The van der Waals surface area contributed by atoms with Gasteiger partial charge < -0.3 is 0 Å². The van der Waals surface area contributed by atoms with E-state index in [9.17, 15) is 4.79 Å². The lowest BCUT2D eigenvalue weighted by molar-refractivity contribution is 0.552. The van der Waals surface area contributed by atoms with E-state index in [1.807, 2.05) is 6.92 Å². The molecule has 0 amide bonds. The first kappa shape index (κ1) is 12.2. The Bertz CT molecular complexity index is 373. The van der Waals surface area contributed by atoms with Crippen molar-refractivity contribution in [1.82, 2.24) is 9.55 Å². The number of aryl methyl sites for hydroxylation is 1. The number of hydrogen-bond donors (Lipinski definition) is 0. The van der Waals surface area contributed by atoms with Gasteiger partial charge in [0, 0.05) is 12.6 Å². The van der Waals surface area contributed by atoms with Gasteiger partial charge in [0.15, 0.2) is 0 Å². The van der Waals surface area contributed by atoms with Crippen LogP contribution < -0.4 is 5.56 Å². The Morgan fingerprint density at radius 2 is 2.13 bits per heavy atom. The maximum absolute atomic E-state index is 11.6. The van der Waals surface area contributed by atoms with Gasteiger partial charge in [0.25, 0.3) is 5.56 Å². The van der Waals surface area contributed by atoms with E-state index in [1.54, 1.807) is 4.57 Å². The fourth-order valence-electron chi connectivity index (χ4n) is 1.56. The Morgan fingerprint density at radius 1 is 1.40 bits per heavy atom. The lowest BCUT2D eigenvalue weighted by Crippen LogP contribution is -2.22. The summed E-state index contributed by atoms with van der Waals surface area (Å²) in [6.07, 6.45) is 4.60. The zero-order chi connectivity index (χ0) is 11.3. The van der Waals surface area contributed by atoms with E-state index in [0.29, 0.717) is 5.82 Å². The Balaban J connectivity index is 2.65. The van der Waals surface area contributed by atoms with E-state index in [4.69, 9.17) is 11.6 Å². The predicted molar refractivity (Wildman–Crippen MR) is 62.4 cm³/mol. The van der Waals surface area contributed by atoms with Crippen LogP contribution in [0.15, 0.2) is 10.9 Å². The van der Waals surface area contributed by atoms with Crippen molar-refractivity contribution in [3.05, 3.63) is 27.4 Å². The van der Waals surface area contributed by atoms with Crippen LogP contribution >= 0.6 is 11.6 Å². The van der Waals surface area contributed by atoms with Crippen LogP contribution in [0.25, 0.3) is 0 Å². The first-order valence-corrected chi connectivity index (χ1v) is 5.77. The molecule has 0 bridgehead atoms. The van der Waals surface area contributed by atoms with Crippen LogP contribution in [0.5, 0.6) is 0 Å². The lowest BCUT2D eigenvalue weighted by atomic mass is 10.2. The predicted octanol–water partition coefficient (Wildman–Crippen LogP) is 2.79. The van der Waals surface area contributed by atoms with Gasteiger partial charge in [-0.15, -0.1) is 0 Å². The highest BCUT2D eigenvalue weighted by Crippen LogP contribution is 2.04. The van der Waals surface area contributed by atoms with Crippen molar-refractivity contribution in [1.29, 1.82) is 0 Å². The zero-order valence-electron chi connectivity index (χ0n) is 9.29. The Morgan fingerprint density at radius 3 is 2.73 bits per heavy atom. The molecule has 1 aromatic rings. The summed E-state index contributed by atoms with van der Waals surface area (Å²) in [5.74, 6) is 0.698. The number of aromatic nitrogens is 2. The van der Waals surface area contributed by atoms with Gasteiger partial charge >= 0.3 is 0 Å². The van der Waals surface area contributed by atoms with E-state index < -0.39 is 0 Å². The van der Waals surface area contributed by atoms with Crippen molar-refractivity contribution in [2.45, 2.75) is 46.1 Å². The average molecular weight is 229 g/mol. The summed E-state index contributed by atoms with van der Waals surface area (Å²) in [6, 6.07) is 1.37. The van der Waals surface area contributed by atoms with Crippen LogP contribution in [0.4, 0.5) is 0 Å². The molecule has 0 unspecified atom stereocenters. The molecular formula is C11H17ClN2O. The van der Waals surface area contributed by atoms with E-state index in [2.05, 4.69) is 11.9 Å². The molecular weight excluding hydrogens is 212 g/mol. The summed E-state index contributed by atoms with van der Waals surface area (Å²) < 4.78 is 1.68. The minimum Gasteiger partial charge on any atom is -0.297 e. The molecule has 0 aliphatic rings. The molecule has 0 aromatic carbocycles. The summed E-state index contributed by atoms with van der Waals surface area (Å²) in [4.78, 5) is 15.6. The van der Waals surface area contributed by atoms with E-state index >= 15 is 0 Å². The van der Waals surface area contributed by atoms with Crippen LogP contribution in [0.3, 0.4) is 0 Å². The van der Waals surface area contributed by atoms with Gasteiger partial charge in [0.1, 0.15) is 11.0 Å². The van der Waals surface area contributed by atoms with Crippen molar-refractivity contribution in [3.8, 4) is 0 Å². The third-order valence-corrected chi connectivity index (χ3v) is 2.60. The van der Waals surface area contributed by atoms with Crippen molar-refractivity contribution < 1.29 is 0 Å². The third kappa shape index (κ3) is 3.67. The van der Waals surface area contributed by atoms with E-state index in [1.165, 1.54) is 18.9 Å². The fourth-order valence-corrected chi connectivity index (χ4v) is 1.77. The minimum absolute atomic E-state index is 0.0519. The van der Waals surface area contributed by atoms with Gasteiger partial charge in [0.05, 0.1) is 0 Å². The Hall–Kier alpha value is -0.830. The molecule has 0 fully saturated rings. The molecule has 0 atom stereocenters. The monoisotopic (exact) mass is 228 g/mol. The zero-order valence-corrected chi connectivity index (χ0v) is 10.0. The molecule has 0 saturated carbocycles. The molecule has 1 aromatic heterocycles. The van der Waals surface area contributed by atoms with Gasteiger partial charge in [-0.2, -0.15) is 0 Å². The second-order valence-corrected chi connectivity index (χ2v) is 4.06. The van der Waals surface area contributed by atoms with Crippen LogP contribution in [-0.4, -0.2) is 9.55 Å². The van der Waals surface area contributed by atoms with Crippen LogP contribution in [0.1, 0.15) is 38.4 Å². The second kappa shape index (κ2) is 5.91. The van der Waals surface area contributed by atoms with Gasteiger partial charge in [0.2, 0.25) is 0 Å².